The molecule has 10 heteroatoms. The number of likely N-dealkylation sites (tertiary alicyclic amines) is 1. The Hall–Kier alpha value is -2.46. The van der Waals surface area contributed by atoms with Crippen LogP contribution in [0.1, 0.15) is 60.8 Å². The highest BCUT2D eigenvalue weighted by atomic mass is 32.1. The zero-order valence-corrected chi connectivity index (χ0v) is 22.1. The third kappa shape index (κ3) is 4.53. The summed E-state index contributed by atoms with van der Waals surface area (Å²) in [5.74, 6) is -1.06. The summed E-state index contributed by atoms with van der Waals surface area (Å²) < 4.78 is 47.2. The molecule has 2 atom stereocenters. The van der Waals surface area contributed by atoms with Gasteiger partial charge in [-0.05, 0) is 60.1 Å². The Morgan fingerprint density at radius 1 is 1.25 bits per heavy atom. The molecule has 2 aliphatic rings. The average Bonchev–Trinajstić information content (AvgIpc) is 3.47. The molecule has 5 nitrogen and oxygen atoms in total. The molecule has 36 heavy (non-hydrogen) atoms. The number of halogens is 3. The summed E-state index contributed by atoms with van der Waals surface area (Å²) in [4.78, 5) is 32.9. The molecule has 5 rings (SSSR count). The van der Waals surface area contributed by atoms with E-state index in [2.05, 4.69) is 25.8 Å². The predicted molar refractivity (Wildman–Crippen MR) is 134 cm³/mol. The Labute approximate surface area is 215 Å². The normalized spacial score (nSPS) is 23.3. The molecule has 1 saturated heterocycles. The number of carbonyl (C=O) groups excluding carboxylic acids is 2. The van der Waals surface area contributed by atoms with Crippen molar-refractivity contribution in [3.63, 3.8) is 0 Å². The third-order valence-corrected chi connectivity index (χ3v) is 9.29. The van der Waals surface area contributed by atoms with Gasteiger partial charge in [-0.3, -0.25) is 4.79 Å². The van der Waals surface area contributed by atoms with Gasteiger partial charge in [-0.1, -0.05) is 26.8 Å². The van der Waals surface area contributed by atoms with Crippen molar-refractivity contribution < 1.29 is 27.5 Å². The first-order valence-electron chi connectivity index (χ1n) is 11.8. The van der Waals surface area contributed by atoms with Crippen LogP contribution in [-0.4, -0.2) is 41.0 Å². The quantitative estimate of drug-likeness (QED) is 0.339. The van der Waals surface area contributed by atoms with E-state index >= 15 is 0 Å². The number of hydrogen-bond donors (Lipinski definition) is 0. The summed E-state index contributed by atoms with van der Waals surface area (Å²) in [5, 5.41) is 1.67. The van der Waals surface area contributed by atoms with Crippen LogP contribution in [0.2, 0.25) is 0 Å². The number of carbonyl (C=O) groups is 2. The summed E-state index contributed by atoms with van der Waals surface area (Å²) in [5.41, 5.74) is -0.273. The second-order valence-electron chi connectivity index (χ2n) is 11.1. The van der Waals surface area contributed by atoms with E-state index < -0.39 is 24.3 Å². The Balaban J connectivity index is 1.39. The van der Waals surface area contributed by atoms with E-state index in [9.17, 15) is 22.8 Å². The maximum Gasteiger partial charge on any atom is 0.417 e. The van der Waals surface area contributed by atoms with Gasteiger partial charge in [0, 0.05) is 18.0 Å². The molecule has 1 aliphatic heterocycles. The van der Waals surface area contributed by atoms with Crippen molar-refractivity contribution in [2.75, 3.05) is 13.2 Å². The zero-order valence-electron chi connectivity index (χ0n) is 20.5. The lowest BCUT2D eigenvalue weighted by Gasteiger charge is -2.39. The smallest absolute Gasteiger partial charge is 0.417 e. The van der Waals surface area contributed by atoms with Crippen LogP contribution in [0.5, 0.6) is 0 Å². The summed E-state index contributed by atoms with van der Waals surface area (Å²) >= 11 is 2.16. The van der Waals surface area contributed by atoms with Gasteiger partial charge < -0.3 is 9.64 Å². The van der Waals surface area contributed by atoms with Crippen LogP contribution < -0.4 is 0 Å². The molecule has 0 N–H and O–H groups in total. The van der Waals surface area contributed by atoms with Gasteiger partial charge in [0.2, 0.25) is 0 Å². The number of ether oxygens (including phenoxy) is 1. The molecular formula is C26H27F3N2O3S2. The lowest BCUT2D eigenvalue weighted by atomic mass is 9.65. The lowest BCUT2D eigenvalue weighted by molar-refractivity contribution is -0.136. The molecule has 1 aliphatic carbocycles. The molecule has 0 spiro atoms. The molecule has 1 saturated carbocycles. The first-order chi connectivity index (χ1) is 16.8. The molecule has 3 aromatic heterocycles. The van der Waals surface area contributed by atoms with E-state index in [4.69, 9.17) is 4.74 Å². The van der Waals surface area contributed by atoms with Gasteiger partial charge in [0.25, 0.3) is 5.91 Å². The van der Waals surface area contributed by atoms with Crippen LogP contribution in [0.3, 0.4) is 0 Å². The van der Waals surface area contributed by atoms with E-state index in [0.29, 0.717) is 11.4 Å². The van der Waals surface area contributed by atoms with Crippen LogP contribution in [0.25, 0.3) is 20.8 Å². The van der Waals surface area contributed by atoms with Crippen molar-refractivity contribution in [1.29, 1.82) is 0 Å². The topological polar surface area (TPSA) is 59.5 Å². The Kier molecular flexibility index (Phi) is 5.98. The molecule has 0 radical (unpaired) electrons. The number of nitrogens with zero attached hydrogens (tertiary/aromatic N) is 2. The minimum atomic E-state index is -4.62. The molecule has 2 bridgehead atoms. The summed E-state index contributed by atoms with van der Waals surface area (Å²) in [7, 11) is 0. The van der Waals surface area contributed by atoms with Crippen LogP contribution in [0.4, 0.5) is 13.2 Å². The minimum Gasteiger partial charge on any atom is -0.451 e. The van der Waals surface area contributed by atoms with Crippen LogP contribution >= 0.6 is 22.7 Å². The molecular weight excluding hydrogens is 509 g/mol. The van der Waals surface area contributed by atoms with E-state index in [-0.39, 0.29) is 49.1 Å². The number of aromatic nitrogens is 1. The maximum atomic E-state index is 14.0. The number of rotatable bonds is 4. The van der Waals surface area contributed by atoms with Crippen molar-refractivity contribution in [3.8, 4) is 10.6 Å². The summed E-state index contributed by atoms with van der Waals surface area (Å²) in [6.07, 6.45) is -1.75. The van der Waals surface area contributed by atoms with E-state index in [0.717, 1.165) is 36.7 Å². The van der Waals surface area contributed by atoms with Gasteiger partial charge in [0.15, 0.2) is 6.61 Å². The predicted octanol–water partition coefficient (Wildman–Crippen LogP) is 6.94. The van der Waals surface area contributed by atoms with Gasteiger partial charge in [-0.2, -0.15) is 13.2 Å². The lowest BCUT2D eigenvalue weighted by Crippen LogP contribution is -2.39. The second-order valence-corrected chi connectivity index (χ2v) is 13.0. The first kappa shape index (κ1) is 25.2. The zero-order chi connectivity index (χ0) is 26.0. The minimum absolute atomic E-state index is 0.0346. The molecule has 0 unspecified atom stereocenters. The molecule has 2 fully saturated rings. The monoisotopic (exact) mass is 536 g/mol. The Morgan fingerprint density at radius 2 is 2.00 bits per heavy atom. The van der Waals surface area contributed by atoms with Gasteiger partial charge in [0.05, 0.1) is 16.1 Å². The number of aryl methyl sites for hydroxylation is 1. The number of pyridine rings is 1. The summed E-state index contributed by atoms with van der Waals surface area (Å²) in [6, 6.07) is 4.59. The van der Waals surface area contributed by atoms with Crippen molar-refractivity contribution in [1.82, 2.24) is 9.88 Å². The average molecular weight is 537 g/mol. The molecule has 4 heterocycles. The highest BCUT2D eigenvalue weighted by molar-refractivity contribution is 7.20. The number of amides is 1. The summed E-state index contributed by atoms with van der Waals surface area (Å²) in [6.45, 7) is 8.27. The van der Waals surface area contributed by atoms with Crippen LogP contribution in [0.15, 0.2) is 23.6 Å². The molecule has 192 valence electrons. The van der Waals surface area contributed by atoms with E-state index in [1.54, 1.807) is 17.5 Å². The number of thiophene rings is 2. The standard InChI is InChI=1S/C26H27F3N2O3S2/c1-14-20-16(26(27,28)29)8-17(18-6-5-7-35-18)30-22(20)36-21(14)23(33)34-11-19(32)31-13-25(4)10-15(31)9-24(2,3)12-25/h5-8,15H,9-13H2,1-4H3/t15-,25+/m0/s1. The highest BCUT2D eigenvalue weighted by Gasteiger charge is 2.51. The van der Waals surface area contributed by atoms with Crippen molar-refractivity contribution in [2.45, 2.75) is 59.2 Å². The largest absolute Gasteiger partial charge is 0.451 e. The number of esters is 1. The van der Waals surface area contributed by atoms with Crippen molar-refractivity contribution >= 4 is 44.8 Å². The fraction of sp³-hybridized carbons (Fsp3) is 0.500. The van der Waals surface area contributed by atoms with Gasteiger partial charge in [0.1, 0.15) is 9.71 Å². The Bertz CT molecular complexity index is 1350. The van der Waals surface area contributed by atoms with Gasteiger partial charge >= 0.3 is 12.1 Å². The van der Waals surface area contributed by atoms with Crippen molar-refractivity contribution in [3.05, 3.63) is 39.6 Å². The third-order valence-electron chi connectivity index (χ3n) is 7.23. The van der Waals surface area contributed by atoms with Gasteiger partial charge in [-0.15, -0.1) is 22.7 Å². The first-order valence-corrected chi connectivity index (χ1v) is 13.5. The van der Waals surface area contributed by atoms with E-state index in [1.807, 2.05) is 4.90 Å². The number of hydrogen-bond acceptors (Lipinski definition) is 6. The van der Waals surface area contributed by atoms with Crippen LogP contribution in [0, 0.1) is 17.8 Å². The number of fused-ring (bicyclic) bond motifs is 3. The fourth-order valence-corrected chi connectivity index (χ4v) is 8.03. The highest BCUT2D eigenvalue weighted by Crippen LogP contribution is 2.52. The number of alkyl halides is 3. The molecule has 1 amide bonds. The second kappa shape index (κ2) is 8.55. The van der Waals surface area contributed by atoms with E-state index in [1.165, 1.54) is 18.3 Å². The van der Waals surface area contributed by atoms with Crippen molar-refractivity contribution in [2.24, 2.45) is 10.8 Å². The van der Waals surface area contributed by atoms with Crippen LogP contribution in [-0.2, 0) is 15.7 Å². The Morgan fingerprint density at radius 3 is 2.67 bits per heavy atom. The maximum absolute atomic E-state index is 14.0. The fourth-order valence-electron chi connectivity index (χ4n) is 6.24. The SMILES string of the molecule is Cc1c(C(=O)OCC(=O)N2C[C@]3(C)C[C@@H]2CC(C)(C)C3)sc2nc(-c3cccs3)cc(C(F)(F)F)c12. The van der Waals surface area contributed by atoms with Gasteiger partial charge in [-0.25, -0.2) is 9.78 Å². The molecule has 0 aromatic carbocycles. The molecule has 3 aromatic rings.